The van der Waals surface area contributed by atoms with Crippen LogP contribution in [0.4, 0.5) is 0 Å². The van der Waals surface area contributed by atoms with Crippen molar-refractivity contribution in [2.45, 2.75) is 58.5 Å². The van der Waals surface area contributed by atoms with Gasteiger partial charge in [0, 0.05) is 22.8 Å². The molecular weight excluding hydrogens is 604 g/mol. The lowest BCUT2D eigenvalue weighted by Gasteiger charge is -2.22. The number of esters is 1. The molecule has 0 spiro atoms. The van der Waals surface area contributed by atoms with Crippen LogP contribution in [0.2, 0.25) is 0 Å². The van der Waals surface area contributed by atoms with Gasteiger partial charge in [0.2, 0.25) is 5.76 Å². The molecule has 1 aliphatic carbocycles. The number of ketones is 1. The van der Waals surface area contributed by atoms with Crippen LogP contribution in [-0.4, -0.2) is 40.5 Å². The number of allylic oxidation sites excluding steroid dienone is 2. The molecule has 8 nitrogen and oxygen atoms in total. The molecule has 0 unspecified atom stereocenters. The molecule has 240 valence electrons. The molecule has 9 heteroatoms. The van der Waals surface area contributed by atoms with E-state index in [1.807, 2.05) is 38.1 Å². The smallest absolute Gasteiger partial charge is 0.374 e. The van der Waals surface area contributed by atoms with Gasteiger partial charge in [-0.25, -0.2) is 4.79 Å². The van der Waals surface area contributed by atoms with Crippen molar-refractivity contribution in [2.24, 2.45) is 0 Å². The number of aliphatic hydroxyl groups is 1. The topological polar surface area (TPSA) is 123 Å². The number of hydrogen-bond donors (Lipinski definition) is 2. The maximum Gasteiger partial charge on any atom is 0.374 e. The Balaban J connectivity index is 1.63. The fourth-order valence-electron chi connectivity index (χ4n) is 5.38. The Morgan fingerprint density at radius 3 is 2.65 bits per heavy atom. The van der Waals surface area contributed by atoms with Gasteiger partial charge in [-0.15, -0.1) is 0 Å². The number of Topliss-reactive ketones (excluding diaryl/α,β-unsaturated/α-hetero) is 1. The van der Waals surface area contributed by atoms with Crippen molar-refractivity contribution in [2.75, 3.05) is 13.7 Å². The van der Waals surface area contributed by atoms with E-state index < -0.39 is 23.4 Å². The number of ether oxygens (including phenoxy) is 2. The van der Waals surface area contributed by atoms with Crippen LogP contribution in [0, 0.1) is 6.92 Å². The van der Waals surface area contributed by atoms with Gasteiger partial charge in [0.25, 0.3) is 0 Å². The number of aromatic hydroxyl groups is 1. The number of phenolic OH excluding ortho intramolecular Hbond substituents is 1. The summed E-state index contributed by atoms with van der Waals surface area (Å²) in [5, 5.41) is 22.5. The van der Waals surface area contributed by atoms with Gasteiger partial charge >= 0.3 is 5.97 Å². The van der Waals surface area contributed by atoms with Gasteiger partial charge in [0.15, 0.2) is 11.2 Å². The van der Waals surface area contributed by atoms with Crippen LogP contribution >= 0.6 is 12.2 Å². The second-order valence-electron chi connectivity index (χ2n) is 11.0. The van der Waals surface area contributed by atoms with Gasteiger partial charge in [0.05, 0.1) is 36.2 Å². The molecule has 0 fully saturated rings. The predicted octanol–water partition coefficient (Wildman–Crippen LogP) is 5.33. The van der Waals surface area contributed by atoms with Crippen LogP contribution in [0.25, 0.3) is 12.2 Å². The summed E-state index contributed by atoms with van der Waals surface area (Å²) in [7, 11) is 1.20. The number of aliphatic hydroxyl groups excluding tert-OH is 1. The Hall–Kier alpha value is -4.60. The monoisotopic (exact) mass is 642 g/mol. The number of carbonyl (C=O) groups excluding carboxylic acids is 2. The van der Waals surface area contributed by atoms with Crippen LogP contribution < -0.4 is 20.8 Å². The van der Waals surface area contributed by atoms with Crippen molar-refractivity contribution in [1.29, 1.82) is 0 Å². The highest BCUT2D eigenvalue weighted by Crippen LogP contribution is 2.34. The second-order valence-corrected chi connectivity index (χ2v) is 11.6. The number of methoxy groups -OCH3 is 1. The average Bonchev–Trinajstić information content (AvgIpc) is 3.03. The lowest BCUT2D eigenvalue weighted by Crippen LogP contribution is -2.45. The third-order valence-corrected chi connectivity index (χ3v) is 7.95. The summed E-state index contributed by atoms with van der Waals surface area (Å²) in [6.07, 6.45) is 11.3. The first-order valence-corrected chi connectivity index (χ1v) is 15.5. The number of aryl methyl sites for hydroxylation is 1. The quantitative estimate of drug-likeness (QED) is 0.0838. The molecule has 2 atom stereocenters. The first-order valence-electron chi connectivity index (χ1n) is 15.1. The zero-order chi connectivity index (χ0) is 33.4. The highest BCUT2D eigenvalue weighted by Gasteiger charge is 2.31. The van der Waals surface area contributed by atoms with Gasteiger partial charge in [-0.3, -0.25) is 9.59 Å². The van der Waals surface area contributed by atoms with Crippen LogP contribution in [0.3, 0.4) is 0 Å². The van der Waals surface area contributed by atoms with E-state index >= 15 is 0 Å². The lowest BCUT2D eigenvalue weighted by molar-refractivity contribution is 0.0553. The highest BCUT2D eigenvalue weighted by molar-refractivity contribution is 7.81. The summed E-state index contributed by atoms with van der Waals surface area (Å²) < 4.78 is 16.8. The van der Waals surface area contributed by atoms with Gasteiger partial charge in [-0.2, -0.15) is 0 Å². The van der Waals surface area contributed by atoms with Crippen LogP contribution in [0.1, 0.15) is 88.3 Å². The van der Waals surface area contributed by atoms with E-state index in [4.69, 9.17) is 26.1 Å². The van der Waals surface area contributed by atoms with Crippen LogP contribution in [0.5, 0.6) is 11.5 Å². The molecule has 0 radical (unpaired) electrons. The molecule has 0 amide bonds. The average molecular weight is 643 g/mol. The van der Waals surface area contributed by atoms with Crippen molar-refractivity contribution < 1.29 is 33.7 Å². The number of benzene rings is 2. The number of hydrogen-bond acceptors (Lipinski definition) is 9. The maximum absolute atomic E-state index is 13.9. The van der Waals surface area contributed by atoms with E-state index in [-0.39, 0.29) is 39.1 Å². The van der Waals surface area contributed by atoms with Gasteiger partial charge in [0.1, 0.15) is 16.9 Å². The molecule has 4 rings (SSSR count). The van der Waals surface area contributed by atoms with Crippen molar-refractivity contribution in [3.05, 3.63) is 115 Å². The summed E-state index contributed by atoms with van der Waals surface area (Å²) in [6.45, 7) is 5.60. The second kappa shape index (κ2) is 15.6. The van der Waals surface area contributed by atoms with E-state index in [1.54, 1.807) is 48.6 Å². The highest BCUT2D eigenvalue weighted by atomic mass is 32.1. The molecule has 2 N–H and O–H groups in total. The minimum atomic E-state index is -1.19. The van der Waals surface area contributed by atoms with Crippen LogP contribution in [0.15, 0.2) is 69.9 Å². The zero-order valence-electron chi connectivity index (χ0n) is 26.4. The zero-order valence-corrected chi connectivity index (χ0v) is 27.2. The van der Waals surface area contributed by atoms with Gasteiger partial charge in [-0.05, 0) is 50.5 Å². The molecule has 1 aromatic heterocycles. The van der Waals surface area contributed by atoms with E-state index in [9.17, 15) is 24.6 Å². The summed E-state index contributed by atoms with van der Waals surface area (Å²) in [5.74, 6) is -1.82. The molecule has 0 saturated heterocycles. The van der Waals surface area contributed by atoms with E-state index in [0.717, 1.165) is 12.0 Å². The number of phenols is 1. The van der Waals surface area contributed by atoms with Crippen molar-refractivity contribution in [3.8, 4) is 11.5 Å². The van der Waals surface area contributed by atoms with Crippen molar-refractivity contribution >= 4 is 41.0 Å². The summed E-state index contributed by atoms with van der Waals surface area (Å²) >= 11 is 5.28. The molecule has 0 bridgehead atoms. The maximum atomic E-state index is 13.9. The first kappa shape index (κ1) is 34.3. The van der Waals surface area contributed by atoms with Crippen molar-refractivity contribution in [1.82, 2.24) is 0 Å². The Morgan fingerprint density at radius 1 is 1.17 bits per heavy atom. The molecule has 0 aliphatic heterocycles. The van der Waals surface area contributed by atoms with E-state index in [0.29, 0.717) is 47.6 Å². The van der Waals surface area contributed by atoms with Gasteiger partial charge < -0.3 is 24.1 Å². The predicted molar refractivity (Wildman–Crippen MR) is 181 cm³/mol. The largest absolute Gasteiger partial charge is 0.507 e. The molecule has 0 saturated carbocycles. The summed E-state index contributed by atoms with van der Waals surface area (Å²) in [5.41, 5.74) is 2.10. The minimum Gasteiger partial charge on any atom is -0.507 e. The number of carbonyl (C=O) groups is 2. The van der Waals surface area contributed by atoms with Gasteiger partial charge in [-0.1, -0.05) is 85.8 Å². The lowest BCUT2D eigenvalue weighted by atomic mass is 9.86. The van der Waals surface area contributed by atoms with Crippen LogP contribution in [-0.2, 0) is 11.2 Å². The Bertz CT molecular complexity index is 1880. The Morgan fingerprint density at radius 2 is 1.96 bits per heavy atom. The molecule has 1 aliphatic rings. The first-order chi connectivity index (χ1) is 22.1. The molecule has 1 heterocycles. The third kappa shape index (κ3) is 7.78. The van der Waals surface area contributed by atoms with E-state index in [1.165, 1.54) is 14.0 Å². The molecule has 3 aromatic rings. The Kier molecular flexibility index (Phi) is 11.6. The minimum absolute atomic E-state index is 0.0117. The Labute approximate surface area is 273 Å². The summed E-state index contributed by atoms with van der Waals surface area (Å²) in [4.78, 5) is 39.2. The number of thiocarbonyl (C=S) groups is 1. The summed E-state index contributed by atoms with van der Waals surface area (Å²) in [6, 6.07) is 10.6. The fourth-order valence-corrected chi connectivity index (χ4v) is 5.57. The normalized spacial score (nSPS) is 14.0. The SMILES string of the molecule is CCCc1c(OCC/C=C\C=C\[C@H](c2c(C(=O)OC)oc3c(c2=O)=CCC(=S)C=3)[C@H](O)c2cccc(C)c2)ccc(C(C)=O)c1O. The molecular formula is C37H38O8S. The third-order valence-electron chi connectivity index (χ3n) is 7.67. The van der Waals surface area contributed by atoms with Crippen molar-refractivity contribution in [3.63, 3.8) is 0 Å². The van der Waals surface area contributed by atoms with E-state index in [2.05, 4.69) is 0 Å². The fraction of sp³-hybridized carbons (Fsp3) is 0.297. The molecule has 2 aromatic carbocycles. The number of rotatable bonds is 13. The number of fused-ring (bicyclic) bond motifs is 1. The molecule has 46 heavy (non-hydrogen) atoms. The standard InChI is InChI=1S/C37H38O8S/c1-5-11-27-30(18-17-26(23(3)38)34(27)40)44-19-9-7-6-8-14-29(33(39)24-13-10-12-22(2)20-24)32-35(41)28-16-15-25(46)21-31(28)45-36(32)37(42)43-4/h6-8,10,12-14,16-18,20-21,29,33,39-40H,5,9,11,15,19H2,1-4H3/b7-6-,14-8+/t29-,33-/m1/s1.